The molecule has 1 fully saturated rings. The number of hydrogen-bond acceptors (Lipinski definition) is 5. The fourth-order valence-corrected chi connectivity index (χ4v) is 6.51. The fourth-order valence-electron chi connectivity index (χ4n) is 4.88. The Hall–Kier alpha value is -1.53. The highest BCUT2D eigenvalue weighted by Crippen LogP contribution is 2.43. The van der Waals surface area contributed by atoms with Crippen LogP contribution in [0.25, 0.3) is 0 Å². The van der Waals surface area contributed by atoms with Crippen molar-refractivity contribution in [2.45, 2.75) is 70.1 Å². The van der Waals surface area contributed by atoms with Gasteiger partial charge in [-0.1, -0.05) is 6.92 Å². The summed E-state index contributed by atoms with van der Waals surface area (Å²) in [5.41, 5.74) is 3.97. The normalized spacial score (nSPS) is 22.8. The number of carbonyl (C=O) groups is 3. The molecule has 1 aromatic carbocycles. The molecular weight excluding hydrogens is 388 g/mol. The first kappa shape index (κ1) is 20.2. The summed E-state index contributed by atoms with van der Waals surface area (Å²) in [5.74, 6) is -2.63. The van der Waals surface area contributed by atoms with Crippen LogP contribution in [0, 0.1) is 19.8 Å². The van der Waals surface area contributed by atoms with Gasteiger partial charge >= 0.3 is 0 Å². The van der Waals surface area contributed by atoms with E-state index < -0.39 is 20.9 Å². The van der Waals surface area contributed by atoms with Crippen LogP contribution in [0.5, 0.6) is 0 Å². The number of ketones is 3. The minimum Gasteiger partial charge on any atom is -0.298 e. The first-order valence-corrected chi connectivity index (χ1v) is 11.6. The van der Waals surface area contributed by atoms with Gasteiger partial charge in [0.2, 0.25) is 0 Å². The minimum absolute atomic E-state index is 0.0738. The van der Waals surface area contributed by atoms with Gasteiger partial charge in [-0.3, -0.25) is 14.4 Å². The number of halogens is 1. The molecule has 0 bridgehead atoms. The van der Waals surface area contributed by atoms with E-state index in [-0.39, 0.29) is 41.5 Å². The van der Waals surface area contributed by atoms with Crippen LogP contribution in [-0.4, -0.2) is 25.8 Å². The molecule has 0 amide bonds. The van der Waals surface area contributed by atoms with Gasteiger partial charge in [0, 0.05) is 29.9 Å². The lowest BCUT2D eigenvalue weighted by Gasteiger charge is -2.30. The second-order valence-corrected chi connectivity index (χ2v) is 10.0. The quantitative estimate of drug-likeness (QED) is 0.561. The number of Topliss-reactive ketones (excluding diaryl/α,β-unsaturated/α-hetero) is 3. The summed E-state index contributed by atoms with van der Waals surface area (Å²) in [7, 11) is 1.80. The number of fused-ring (bicyclic) bond motifs is 1. The number of benzene rings is 1. The van der Waals surface area contributed by atoms with Gasteiger partial charge in [0.05, 0.1) is 4.90 Å². The fraction of sp³-hybridized carbons (Fsp3) is 0.550. The molecule has 1 aromatic rings. The van der Waals surface area contributed by atoms with Crippen LogP contribution in [0.1, 0.15) is 66.3 Å². The zero-order valence-corrected chi connectivity index (χ0v) is 17.3. The zero-order chi connectivity index (χ0) is 20.1. The maximum Gasteiger partial charge on any atom is 0.261 e. The van der Waals surface area contributed by atoms with Crippen LogP contribution in [0.3, 0.4) is 0 Å². The average molecular weight is 411 g/mol. The van der Waals surface area contributed by atoms with Crippen molar-refractivity contribution < 1.29 is 22.8 Å². The van der Waals surface area contributed by atoms with E-state index >= 15 is 0 Å². The van der Waals surface area contributed by atoms with Crippen molar-refractivity contribution in [3.63, 3.8) is 0 Å². The van der Waals surface area contributed by atoms with Crippen molar-refractivity contribution >= 4 is 37.1 Å². The molecule has 0 radical (unpaired) electrons. The van der Waals surface area contributed by atoms with Gasteiger partial charge in [0.25, 0.3) is 9.05 Å². The molecule has 0 atom stereocenters. The van der Waals surface area contributed by atoms with Gasteiger partial charge in [-0.25, -0.2) is 8.42 Å². The maximum atomic E-state index is 12.5. The van der Waals surface area contributed by atoms with E-state index in [0.29, 0.717) is 12.0 Å². The Morgan fingerprint density at radius 2 is 1.59 bits per heavy atom. The Morgan fingerprint density at radius 3 is 2.11 bits per heavy atom. The third kappa shape index (κ3) is 3.38. The topological polar surface area (TPSA) is 85.3 Å². The van der Waals surface area contributed by atoms with Crippen molar-refractivity contribution in [2.75, 3.05) is 0 Å². The van der Waals surface area contributed by atoms with Crippen LogP contribution in [0.15, 0.2) is 4.90 Å². The average Bonchev–Trinajstić information content (AvgIpc) is 3.02. The largest absolute Gasteiger partial charge is 0.298 e. The lowest BCUT2D eigenvalue weighted by Crippen LogP contribution is -2.38. The van der Waals surface area contributed by atoms with Crippen LogP contribution in [-0.2, 0) is 36.3 Å². The van der Waals surface area contributed by atoms with Crippen LogP contribution >= 0.6 is 10.7 Å². The lowest BCUT2D eigenvalue weighted by molar-refractivity contribution is -0.142. The lowest BCUT2D eigenvalue weighted by atomic mass is 9.72. The second kappa shape index (κ2) is 7.13. The first-order chi connectivity index (χ1) is 12.6. The smallest absolute Gasteiger partial charge is 0.261 e. The molecule has 0 aromatic heterocycles. The zero-order valence-electron chi connectivity index (χ0n) is 15.7. The minimum atomic E-state index is -3.94. The first-order valence-electron chi connectivity index (χ1n) is 9.25. The highest BCUT2D eigenvalue weighted by Gasteiger charge is 2.41. The van der Waals surface area contributed by atoms with Crippen molar-refractivity contribution in [3.8, 4) is 0 Å². The molecule has 3 rings (SSSR count). The third-order valence-corrected chi connectivity index (χ3v) is 7.46. The van der Waals surface area contributed by atoms with E-state index in [4.69, 9.17) is 10.7 Å². The van der Waals surface area contributed by atoms with E-state index in [9.17, 15) is 22.8 Å². The van der Waals surface area contributed by atoms with Gasteiger partial charge in [-0.15, -0.1) is 0 Å². The van der Waals surface area contributed by atoms with E-state index in [1.54, 1.807) is 13.8 Å². The molecule has 7 heteroatoms. The summed E-state index contributed by atoms with van der Waals surface area (Å²) in [6.45, 7) is 5.27. The van der Waals surface area contributed by atoms with Gasteiger partial charge in [-0.05, 0) is 66.8 Å². The molecule has 0 spiro atoms. The summed E-state index contributed by atoms with van der Waals surface area (Å²) >= 11 is 0. The summed E-state index contributed by atoms with van der Waals surface area (Å²) in [6.07, 6.45) is 2.58. The third-order valence-electron chi connectivity index (χ3n) is 5.95. The van der Waals surface area contributed by atoms with Gasteiger partial charge in [0.1, 0.15) is 5.92 Å². The Balaban J connectivity index is 2.13. The molecule has 1 saturated carbocycles. The predicted octanol–water partition coefficient (Wildman–Crippen LogP) is 3.33. The van der Waals surface area contributed by atoms with E-state index in [2.05, 4.69) is 0 Å². The maximum absolute atomic E-state index is 12.5. The highest BCUT2D eigenvalue weighted by atomic mass is 35.7. The van der Waals surface area contributed by atoms with E-state index in [1.807, 2.05) is 6.92 Å². The predicted molar refractivity (Wildman–Crippen MR) is 102 cm³/mol. The van der Waals surface area contributed by atoms with Crippen molar-refractivity contribution in [2.24, 2.45) is 5.92 Å². The SMILES string of the molecule is CCC(=O)C1C(=O)CC(c2c(C)c3c(c(S(=O)(=O)Cl)c2C)CCC3)CC1=O. The van der Waals surface area contributed by atoms with Crippen molar-refractivity contribution in [3.05, 3.63) is 27.8 Å². The Morgan fingerprint density at radius 1 is 1.04 bits per heavy atom. The molecular formula is C20H23ClO5S. The molecule has 0 unspecified atom stereocenters. The second-order valence-electron chi connectivity index (χ2n) is 7.53. The van der Waals surface area contributed by atoms with Crippen LogP contribution < -0.4 is 0 Å². The Bertz CT molecular complexity index is 943. The van der Waals surface area contributed by atoms with Gasteiger partial charge in [-0.2, -0.15) is 0 Å². The Kier molecular flexibility index (Phi) is 5.34. The van der Waals surface area contributed by atoms with Crippen LogP contribution in [0.2, 0.25) is 0 Å². The summed E-state index contributed by atoms with van der Waals surface area (Å²) in [6, 6.07) is 0. The molecule has 5 nitrogen and oxygen atoms in total. The number of hydrogen-bond donors (Lipinski definition) is 0. The van der Waals surface area contributed by atoms with Gasteiger partial charge in [0.15, 0.2) is 17.3 Å². The molecule has 0 aliphatic heterocycles. The highest BCUT2D eigenvalue weighted by molar-refractivity contribution is 8.13. The van der Waals surface area contributed by atoms with Crippen molar-refractivity contribution in [1.82, 2.24) is 0 Å². The van der Waals surface area contributed by atoms with Crippen LogP contribution in [0.4, 0.5) is 0 Å². The molecule has 146 valence electrons. The standard InChI is InChI=1S/C20H23ClO5S/c1-4-15(22)19-16(23)8-12(9-17(19)24)18-10(2)13-6-5-7-14(13)20(11(18)3)27(21,25)26/h12,19H,4-9H2,1-3H3. The number of carbonyl (C=O) groups excluding carboxylic acids is 3. The Labute approximate surface area is 163 Å². The molecule has 2 aliphatic rings. The molecule has 0 N–H and O–H groups in total. The molecule has 0 heterocycles. The summed E-state index contributed by atoms with van der Waals surface area (Å²) in [5, 5.41) is 0. The summed E-state index contributed by atoms with van der Waals surface area (Å²) in [4.78, 5) is 37.2. The molecule has 0 saturated heterocycles. The van der Waals surface area contributed by atoms with Gasteiger partial charge < -0.3 is 0 Å². The number of rotatable bonds is 4. The monoisotopic (exact) mass is 410 g/mol. The van der Waals surface area contributed by atoms with E-state index in [0.717, 1.165) is 35.1 Å². The summed E-state index contributed by atoms with van der Waals surface area (Å²) < 4.78 is 24.5. The molecule has 2 aliphatic carbocycles. The van der Waals surface area contributed by atoms with Crippen molar-refractivity contribution in [1.29, 1.82) is 0 Å². The van der Waals surface area contributed by atoms with E-state index in [1.165, 1.54) is 0 Å². The molecule has 27 heavy (non-hydrogen) atoms.